The maximum atomic E-state index is 7.59. The van der Waals surface area contributed by atoms with E-state index in [1.807, 2.05) is 0 Å². The van der Waals surface area contributed by atoms with Gasteiger partial charge < -0.3 is 23.2 Å². The Morgan fingerprint density at radius 2 is 0.952 bits per heavy atom. The van der Waals surface area contributed by atoms with Crippen LogP contribution >= 0.6 is 0 Å². The lowest BCUT2D eigenvalue weighted by Crippen LogP contribution is -2.65. The van der Waals surface area contributed by atoms with Crippen LogP contribution in [0.1, 0.15) is 13.8 Å². The Bertz CT molecular complexity index is 3570. The number of rotatable bonds is 3. The van der Waals surface area contributed by atoms with Gasteiger partial charge in [-0.25, -0.2) is 0 Å². The van der Waals surface area contributed by atoms with Gasteiger partial charge in [-0.3, -0.25) is 0 Å². The van der Waals surface area contributed by atoms with Crippen molar-refractivity contribution in [3.05, 3.63) is 200 Å². The van der Waals surface area contributed by atoms with Crippen LogP contribution in [0.15, 0.2) is 200 Å². The second-order valence-corrected chi connectivity index (χ2v) is 18.0. The molecule has 14 rings (SSSR count). The molecule has 1 saturated heterocycles. The predicted molar refractivity (Wildman–Crippen MR) is 257 cm³/mol. The van der Waals surface area contributed by atoms with Crippen LogP contribution < -0.4 is 10.2 Å². The van der Waals surface area contributed by atoms with Gasteiger partial charge in [-0.2, -0.15) is 0 Å². The Morgan fingerprint density at radius 1 is 0.500 bits per heavy atom. The second-order valence-electron chi connectivity index (χ2n) is 18.0. The monoisotopic (exact) mass is 797 g/mol. The van der Waals surface area contributed by atoms with Crippen LogP contribution in [0, 0.1) is 0 Å². The van der Waals surface area contributed by atoms with Gasteiger partial charge in [0.25, 0.3) is 0 Å². The summed E-state index contributed by atoms with van der Waals surface area (Å²) in [5.41, 5.74) is 11.0. The Labute approximate surface area is 358 Å². The largest absolute Gasteiger partial charge is 0.463 e. The molecule has 2 aliphatic carbocycles. The molecule has 7 aromatic carbocycles. The Kier molecular flexibility index (Phi) is 6.77. The molecule has 1 fully saturated rings. The van der Waals surface area contributed by atoms with E-state index in [-0.39, 0.29) is 18.6 Å². The molecule has 0 amide bonds. The lowest BCUT2D eigenvalue weighted by molar-refractivity contribution is -0.0618. The van der Waals surface area contributed by atoms with Gasteiger partial charge in [0.15, 0.2) is 0 Å². The van der Waals surface area contributed by atoms with Crippen molar-refractivity contribution in [3.8, 4) is 11.4 Å². The highest BCUT2D eigenvalue weighted by molar-refractivity contribution is 6.80. The number of para-hydroxylation sites is 6. The molecule has 2 aliphatic heterocycles. The second kappa shape index (κ2) is 12.2. The Balaban J connectivity index is 1.02. The van der Waals surface area contributed by atoms with Crippen molar-refractivity contribution < 1.29 is 9.47 Å². The van der Waals surface area contributed by atoms with Crippen LogP contribution in [0.2, 0.25) is 11.1 Å². The van der Waals surface area contributed by atoms with Crippen LogP contribution in [-0.4, -0.2) is 32.1 Å². The average molecular weight is 798 g/mol. The van der Waals surface area contributed by atoms with Gasteiger partial charge >= 0.3 is 0 Å². The standard InChI is InChI=1S/C56H40BN3O2/c1-55-33-36(59-47-23-11-5-17-40(47)41-18-6-12-24-48(41)59)28-30-53(55)62-56(2)34-37(60-49-25-13-7-19-42(49)43-20-8-14-26-50(43)60)32-52-54(56)57(55)44-31-35(27-29-51(44)61-52)58-45-21-9-3-15-38(45)39-16-4-10-22-46(39)58/h3-34,53-54H,1-2H3. The zero-order chi connectivity index (χ0) is 40.9. The first-order valence-corrected chi connectivity index (χ1v) is 21.8. The highest BCUT2D eigenvalue weighted by Gasteiger charge is 2.63. The number of hydrogen-bond donors (Lipinski definition) is 0. The summed E-state index contributed by atoms with van der Waals surface area (Å²) in [6.07, 6.45) is 11.6. The number of aromatic nitrogens is 3. The zero-order valence-corrected chi connectivity index (χ0v) is 34.4. The van der Waals surface area contributed by atoms with Gasteiger partial charge in [0, 0.05) is 66.6 Å². The fourth-order valence-electron chi connectivity index (χ4n) is 12.1. The van der Waals surface area contributed by atoms with Crippen LogP contribution in [0.5, 0.6) is 5.75 Å². The van der Waals surface area contributed by atoms with E-state index in [2.05, 4.69) is 222 Å². The summed E-state index contributed by atoms with van der Waals surface area (Å²) in [5.74, 6) is 1.73. The first-order valence-electron chi connectivity index (χ1n) is 21.8. The van der Waals surface area contributed by atoms with Crippen LogP contribution in [0.25, 0.3) is 82.5 Å². The highest BCUT2D eigenvalue weighted by atomic mass is 16.5. The summed E-state index contributed by atoms with van der Waals surface area (Å²) in [6.45, 7) is 4.71. The third-order valence-electron chi connectivity index (χ3n) is 14.6. The molecule has 10 aromatic rings. The number of ether oxygens (including phenoxy) is 2. The normalized spacial score (nSPS) is 22.7. The van der Waals surface area contributed by atoms with Gasteiger partial charge in [0.1, 0.15) is 11.5 Å². The van der Waals surface area contributed by atoms with Crippen molar-refractivity contribution in [2.24, 2.45) is 0 Å². The fourth-order valence-corrected chi connectivity index (χ4v) is 12.1. The van der Waals surface area contributed by atoms with E-state index in [0.717, 1.165) is 28.6 Å². The predicted octanol–water partition coefficient (Wildman–Crippen LogP) is 12.9. The van der Waals surface area contributed by atoms with Crippen molar-refractivity contribution >= 4 is 89.0 Å². The number of nitrogens with zero attached hydrogens (tertiary/aromatic N) is 3. The zero-order valence-electron chi connectivity index (χ0n) is 34.4. The Morgan fingerprint density at radius 3 is 1.45 bits per heavy atom. The maximum Gasteiger partial charge on any atom is 0.209 e. The molecule has 6 heteroatoms. The molecule has 0 radical (unpaired) electrons. The van der Waals surface area contributed by atoms with E-state index < -0.39 is 10.9 Å². The first-order chi connectivity index (χ1) is 30.5. The molecule has 0 spiro atoms. The van der Waals surface area contributed by atoms with E-state index in [4.69, 9.17) is 9.47 Å². The van der Waals surface area contributed by atoms with Gasteiger partial charge in [-0.15, -0.1) is 0 Å². The van der Waals surface area contributed by atoms with E-state index in [1.165, 1.54) is 70.9 Å². The van der Waals surface area contributed by atoms with Crippen molar-refractivity contribution in [1.82, 2.24) is 13.7 Å². The summed E-state index contributed by atoms with van der Waals surface area (Å²) in [7, 11) is 0. The van der Waals surface area contributed by atoms with Crippen molar-refractivity contribution in [2.75, 3.05) is 0 Å². The van der Waals surface area contributed by atoms with Crippen LogP contribution in [0.4, 0.5) is 0 Å². The maximum absolute atomic E-state index is 7.59. The molecule has 5 nitrogen and oxygen atoms in total. The first kappa shape index (κ1) is 34.4. The fraction of sp³-hybridized carbons (Fsp3) is 0.107. The topological polar surface area (TPSA) is 33.2 Å². The van der Waals surface area contributed by atoms with E-state index in [9.17, 15) is 0 Å². The van der Waals surface area contributed by atoms with E-state index in [1.54, 1.807) is 0 Å². The minimum atomic E-state index is -0.705. The minimum absolute atomic E-state index is 0.00159. The molecular formula is C56H40BN3O2. The molecule has 4 aliphatic rings. The molecule has 0 N–H and O–H groups in total. The molecule has 62 heavy (non-hydrogen) atoms. The van der Waals surface area contributed by atoms with Crippen molar-refractivity contribution in [2.45, 2.75) is 36.7 Å². The molecule has 4 atom stereocenters. The van der Waals surface area contributed by atoms with Crippen LogP contribution in [-0.2, 0) is 4.74 Å². The quantitative estimate of drug-likeness (QED) is 0.167. The Hall–Kier alpha value is -7.28. The third kappa shape index (κ3) is 4.47. The third-order valence-corrected chi connectivity index (χ3v) is 14.6. The van der Waals surface area contributed by atoms with Gasteiger partial charge in [-0.1, -0.05) is 128 Å². The number of allylic oxidation sites excluding steroid dienone is 4. The van der Waals surface area contributed by atoms with Gasteiger partial charge in [0.2, 0.25) is 6.71 Å². The molecule has 4 unspecified atom stereocenters. The van der Waals surface area contributed by atoms with Gasteiger partial charge in [-0.05, 0) is 79.1 Å². The molecule has 0 bridgehead atoms. The smallest absolute Gasteiger partial charge is 0.209 e. The summed E-state index contributed by atoms with van der Waals surface area (Å²) < 4.78 is 22.1. The van der Waals surface area contributed by atoms with Gasteiger partial charge in [0.05, 0.1) is 44.8 Å². The number of benzene rings is 7. The van der Waals surface area contributed by atoms with E-state index in [0.29, 0.717) is 0 Å². The molecular weight excluding hydrogens is 757 g/mol. The number of hydrogen-bond acceptors (Lipinski definition) is 2. The lowest BCUT2D eigenvalue weighted by atomic mass is 9.19. The molecule has 294 valence electrons. The highest BCUT2D eigenvalue weighted by Crippen LogP contribution is 2.61. The minimum Gasteiger partial charge on any atom is -0.463 e. The SMILES string of the molecule is CC12C=C(n3c4ccccc4c4ccccc43)C=C3Oc4ccc(-n5c6ccccc6c6ccccc65)cc4B(C31)C1(C)C=C(n3c4ccccc4c4ccccc43)C=CC1O2. The summed E-state index contributed by atoms with van der Waals surface area (Å²) in [6, 6.07) is 59.4. The summed E-state index contributed by atoms with van der Waals surface area (Å²) in [4.78, 5) is 0. The number of fused-ring (bicyclic) bond motifs is 13. The summed E-state index contributed by atoms with van der Waals surface area (Å²) in [5, 5.41) is 7.01. The molecule has 0 saturated carbocycles. The van der Waals surface area contributed by atoms with Crippen LogP contribution in [0.3, 0.4) is 0 Å². The van der Waals surface area contributed by atoms with Crippen molar-refractivity contribution in [3.63, 3.8) is 0 Å². The lowest BCUT2D eigenvalue weighted by Gasteiger charge is -2.58. The molecule has 3 aromatic heterocycles. The molecule has 5 heterocycles. The summed E-state index contributed by atoms with van der Waals surface area (Å²) >= 11 is 0. The average Bonchev–Trinajstić information content (AvgIpc) is 3.95. The van der Waals surface area contributed by atoms with E-state index >= 15 is 0 Å². The van der Waals surface area contributed by atoms with Crippen molar-refractivity contribution in [1.29, 1.82) is 0 Å².